The molecule has 30 heavy (non-hydrogen) atoms. The maximum absolute atomic E-state index is 13.2. The first-order valence-corrected chi connectivity index (χ1v) is 10.2. The lowest BCUT2D eigenvalue weighted by molar-refractivity contribution is 0.0764. The summed E-state index contributed by atoms with van der Waals surface area (Å²) in [4.78, 5) is 18.5. The number of fused-ring (bicyclic) bond motifs is 2. The molecule has 0 aliphatic carbocycles. The van der Waals surface area contributed by atoms with Gasteiger partial charge in [0.15, 0.2) is 11.5 Å². The number of halogens is 1. The van der Waals surface area contributed by atoms with Gasteiger partial charge in [0.25, 0.3) is 5.91 Å². The molecule has 0 saturated carbocycles. The second kappa shape index (κ2) is 7.30. The van der Waals surface area contributed by atoms with Crippen LogP contribution in [0.3, 0.4) is 0 Å². The van der Waals surface area contributed by atoms with Crippen molar-refractivity contribution in [1.82, 2.24) is 14.6 Å². The van der Waals surface area contributed by atoms with E-state index in [1.807, 2.05) is 4.72 Å². The highest BCUT2D eigenvalue weighted by Gasteiger charge is 2.36. The van der Waals surface area contributed by atoms with Gasteiger partial charge in [-0.25, -0.2) is 4.39 Å². The molecule has 10 heteroatoms. The molecular formula is C20H16FN3O5S. The molecular weight excluding hydrogens is 413 g/mol. The Morgan fingerprint density at radius 3 is 2.73 bits per heavy atom. The standard InChI is InChI=1S/C20H16FN3O5S/c1-2-23-30(27,28)29-19-14-4-3-9-22-17(14)18(25)16-15(19)11-24(20(16)26)10-12-5-7-13(21)8-6-12/h2-9,23,25H,1,10-11H2. The average Bonchev–Trinajstić information content (AvgIpc) is 3.03. The van der Waals surface area contributed by atoms with Crippen LogP contribution in [-0.4, -0.2) is 29.3 Å². The van der Waals surface area contributed by atoms with E-state index in [0.717, 1.165) is 6.20 Å². The monoisotopic (exact) mass is 429 g/mol. The van der Waals surface area contributed by atoms with Gasteiger partial charge in [0.2, 0.25) is 0 Å². The number of phenolic OH excluding ortho intramolecular Hbond substituents is 1. The van der Waals surface area contributed by atoms with Crippen LogP contribution in [-0.2, 0) is 23.4 Å². The number of pyridine rings is 1. The first-order chi connectivity index (χ1) is 14.3. The number of hydrogen-bond acceptors (Lipinski definition) is 6. The van der Waals surface area contributed by atoms with Crippen LogP contribution in [0.15, 0.2) is 55.4 Å². The number of rotatable bonds is 6. The third-order valence-electron chi connectivity index (χ3n) is 4.65. The first-order valence-electron chi connectivity index (χ1n) is 8.79. The zero-order chi connectivity index (χ0) is 21.5. The molecule has 0 fully saturated rings. The molecule has 4 rings (SSSR count). The summed E-state index contributed by atoms with van der Waals surface area (Å²) in [5.41, 5.74) is 0.849. The minimum absolute atomic E-state index is 0.0110. The van der Waals surface area contributed by atoms with Crippen LogP contribution in [0.4, 0.5) is 4.39 Å². The molecule has 0 saturated heterocycles. The molecule has 0 spiro atoms. The van der Waals surface area contributed by atoms with E-state index in [2.05, 4.69) is 11.6 Å². The highest BCUT2D eigenvalue weighted by molar-refractivity contribution is 7.85. The maximum atomic E-state index is 13.2. The van der Waals surface area contributed by atoms with E-state index in [1.165, 1.54) is 29.3 Å². The van der Waals surface area contributed by atoms with Gasteiger partial charge in [-0.15, -0.1) is 0 Å². The summed E-state index contributed by atoms with van der Waals surface area (Å²) in [6.45, 7) is 3.42. The van der Waals surface area contributed by atoms with Crippen LogP contribution < -0.4 is 8.91 Å². The van der Waals surface area contributed by atoms with Crippen LogP contribution in [0.5, 0.6) is 11.5 Å². The van der Waals surface area contributed by atoms with Crippen molar-refractivity contribution in [2.75, 3.05) is 0 Å². The largest absolute Gasteiger partial charge is 0.505 e. The number of carbonyl (C=O) groups excluding carboxylic acids is 1. The van der Waals surface area contributed by atoms with Crippen molar-refractivity contribution in [1.29, 1.82) is 0 Å². The Bertz CT molecular complexity index is 1280. The Kier molecular flexibility index (Phi) is 4.78. The Labute approximate surface area is 171 Å². The Morgan fingerprint density at radius 1 is 1.30 bits per heavy atom. The van der Waals surface area contributed by atoms with Gasteiger partial charge < -0.3 is 14.2 Å². The van der Waals surface area contributed by atoms with Gasteiger partial charge in [0.1, 0.15) is 11.3 Å². The molecule has 2 N–H and O–H groups in total. The molecule has 8 nitrogen and oxygen atoms in total. The van der Waals surface area contributed by atoms with Gasteiger partial charge in [-0.05, 0) is 29.8 Å². The molecule has 0 atom stereocenters. The Morgan fingerprint density at radius 2 is 2.03 bits per heavy atom. The lowest BCUT2D eigenvalue weighted by Crippen LogP contribution is -2.24. The smallest absolute Gasteiger partial charge is 0.407 e. The number of benzene rings is 2. The minimum atomic E-state index is -4.26. The highest BCUT2D eigenvalue weighted by atomic mass is 32.2. The van der Waals surface area contributed by atoms with Crippen molar-refractivity contribution < 1.29 is 26.9 Å². The van der Waals surface area contributed by atoms with E-state index in [-0.39, 0.29) is 46.6 Å². The molecule has 1 amide bonds. The molecule has 2 aromatic carbocycles. The fourth-order valence-electron chi connectivity index (χ4n) is 3.39. The van der Waals surface area contributed by atoms with Gasteiger partial charge in [-0.2, -0.15) is 8.42 Å². The van der Waals surface area contributed by atoms with Crippen molar-refractivity contribution in [2.24, 2.45) is 0 Å². The molecule has 1 aromatic heterocycles. The number of nitrogens with zero attached hydrogens (tertiary/aromatic N) is 2. The quantitative estimate of drug-likeness (QED) is 0.624. The van der Waals surface area contributed by atoms with E-state index in [0.29, 0.717) is 5.56 Å². The predicted molar refractivity (Wildman–Crippen MR) is 106 cm³/mol. The molecule has 154 valence electrons. The summed E-state index contributed by atoms with van der Waals surface area (Å²) >= 11 is 0. The third kappa shape index (κ3) is 3.41. The van der Waals surface area contributed by atoms with Crippen molar-refractivity contribution >= 4 is 27.1 Å². The number of aromatic nitrogens is 1. The Balaban J connectivity index is 1.82. The summed E-state index contributed by atoms with van der Waals surface area (Å²) in [7, 11) is -4.26. The summed E-state index contributed by atoms with van der Waals surface area (Å²) < 4.78 is 44.8. The van der Waals surface area contributed by atoms with E-state index in [1.54, 1.807) is 18.2 Å². The zero-order valence-corrected chi connectivity index (χ0v) is 16.3. The number of hydrogen-bond donors (Lipinski definition) is 2. The van der Waals surface area contributed by atoms with Gasteiger partial charge in [-0.1, -0.05) is 18.7 Å². The number of nitrogens with one attached hydrogen (secondary N) is 1. The lowest BCUT2D eigenvalue weighted by Gasteiger charge is -2.16. The van der Waals surface area contributed by atoms with Crippen LogP contribution in [0, 0.1) is 5.82 Å². The summed E-state index contributed by atoms with van der Waals surface area (Å²) in [6, 6.07) is 8.73. The van der Waals surface area contributed by atoms with E-state index >= 15 is 0 Å². The average molecular weight is 429 g/mol. The topological polar surface area (TPSA) is 109 Å². The highest BCUT2D eigenvalue weighted by Crippen LogP contribution is 2.44. The lowest BCUT2D eigenvalue weighted by atomic mass is 10.0. The summed E-state index contributed by atoms with van der Waals surface area (Å²) in [5.74, 6) is -1.37. The normalized spacial score (nSPS) is 13.4. The zero-order valence-electron chi connectivity index (χ0n) is 15.5. The SMILES string of the molecule is C=CNS(=O)(=O)Oc1c2c(c(O)c3ncccc13)C(=O)N(Cc1ccc(F)cc1)C2. The molecule has 0 bridgehead atoms. The van der Waals surface area contributed by atoms with E-state index in [4.69, 9.17) is 4.18 Å². The number of aromatic hydroxyl groups is 1. The van der Waals surface area contributed by atoms with Crippen LogP contribution in [0.1, 0.15) is 21.5 Å². The van der Waals surface area contributed by atoms with Crippen molar-refractivity contribution in [3.05, 3.63) is 77.9 Å². The molecule has 0 radical (unpaired) electrons. The first kappa shape index (κ1) is 19.6. The van der Waals surface area contributed by atoms with Crippen molar-refractivity contribution in [3.63, 3.8) is 0 Å². The molecule has 1 aliphatic heterocycles. The van der Waals surface area contributed by atoms with Crippen LogP contribution in [0.25, 0.3) is 10.9 Å². The fraction of sp³-hybridized carbons (Fsp3) is 0.100. The second-order valence-electron chi connectivity index (χ2n) is 6.58. The maximum Gasteiger partial charge on any atom is 0.407 e. The number of amides is 1. The summed E-state index contributed by atoms with van der Waals surface area (Å²) in [5, 5.41) is 10.9. The second-order valence-corrected chi connectivity index (χ2v) is 7.89. The molecule has 3 aromatic rings. The van der Waals surface area contributed by atoms with Crippen molar-refractivity contribution in [3.8, 4) is 11.5 Å². The summed E-state index contributed by atoms with van der Waals surface area (Å²) in [6.07, 6.45) is 2.35. The number of phenols is 1. The molecule has 1 aliphatic rings. The Hall–Kier alpha value is -3.66. The van der Waals surface area contributed by atoms with Crippen LogP contribution in [0.2, 0.25) is 0 Å². The number of carbonyl (C=O) groups is 1. The fourth-order valence-corrected chi connectivity index (χ4v) is 4.05. The minimum Gasteiger partial charge on any atom is -0.505 e. The molecule has 2 heterocycles. The third-order valence-corrected chi connectivity index (χ3v) is 5.49. The predicted octanol–water partition coefficient (Wildman–Crippen LogP) is 2.59. The van der Waals surface area contributed by atoms with Crippen molar-refractivity contribution in [2.45, 2.75) is 13.1 Å². The van der Waals surface area contributed by atoms with Gasteiger partial charge in [0.05, 0.1) is 12.1 Å². The van der Waals surface area contributed by atoms with Gasteiger partial charge in [-0.3, -0.25) is 14.5 Å². The molecule has 0 unspecified atom stereocenters. The van der Waals surface area contributed by atoms with Gasteiger partial charge >= 0.3 is 10.3 Å². The van der Waals surface area contributed by atoms with Gasteiger partial charge in [0, 0.05) is 29.9 Å². The van der Waals surface area contributed by atoms with E-state index < -0.39 is 22.0 Å². The van der Waals surface area contributed by atoms with Crippen LogP contribution >= 0.6 is 0 Å². The van der Waals surface area contributed by atoms with E-state index in [9.17, 15) is 22.7 Å².